The minimum absolute atomic E-state index is 0.679. The van der Waals surface area contributed by atoms with Crippen LogP contribution in [-0.4, -0.2) is 28.4 Å². The fourth-order valence-corrected chi connectivity index (χ4v) is 2.67. The summed E-state index contributed by atoms with van der Waals surface area (Å²) >= 11 is 0. The van der Waals surface area contributed by atoms with Crippen molar-refractivity contribution < 1.29 is 18.9 Å². The first-order valence-electron chi connectivity index (χ1n) is 7.64. The lowest BCUT2D eigenvalue weighted by atomic mass is 10.0. The Hall–Kier alpha value is -2.36. The highest BCUT2D eigenvalue weighted by molar-refractivity contribution is 5.50. The highest BCUT2D eigenvalue weighted by Gasteiger charge is 2.12. The van der Waals surface area contributed by atoms with E-state index in [0.29, 0.717) is 5.75 Å². The van der Waals surface area contributed by atoms with Gasteiger partial charge in [0, 0.05) is 6.07 Å². The van der Waals surface area contributed by atoms with Crippen LogP contribution in [0, 0.1) is 0 Å². The van der Waals surface area contributed by atoms with Gasteiger partial charge in [-0.3, -0.25) is 0 Å². The summed E-state index contributed by atoms with van der Waals surface area (Å²) in [5.74, 6) is 3.16. The smallest absolute Gasteiger partial charge is 0.164 e. The van der Waals surface area contributed by atoms with Crippen molar-refractivity contribution in [3.8, 4) is 23.0 Å². The summed E-state index contributed by atoms with van der Waals surface area (Å²) in [5, 5.41) is 0. The Morgan fingerprint density at radius 3 is 1.83 bits per heavy atom. The minimum Gasteiger partial charge on any atom is -0.496 e. The number of hydrogen-bond acceptors (Lipinski definition) is 4. The Labute approximate surface area is 137 Å². The predicted octanol–water partition coefficient (Wildman–Crippen LogP) is 3.90. The third-order valence-corrected chi connectivity index (χ3v) is 3.87. The fraction of sp³-hybridized carbons (Fsp3) is 0.368. The lowest BCUT2D eigenvalue weighted by Crippen LogP contribution is -1.99. The van der Waals surface area contributed by atoms with Crippen LogP contribution in [0.5, 0.6) is 23.0 Å². The second kappa shape index (κ2) is 8.32. The second-order valence-corrected chi connectivity index (χ2v) is 5.18. The normalized spacial score (nSPS) is 10.3. The molecule has 0 radical (unpaired) electrons. The molecule has 124 valence electrons. The zero-order valence-corrected chi connectivity index (χ0v) is 14.2. The molecular formula is C19H24O4. The van der Waals surface area contributed by atoms with Crippen LogP contribution in [0.15, 0.2) is 36.4 Å². The molecule has 0 unspecified atom stereocenters. The Bertz CT molecular complexity index is 637. The van der Waals surface area contributed by atoms with Crippen molar-refractivity contribution in [2.24, 2.45) is 0 Å². The molecule has 0 heterocycles. The fourth-order valence-electron chi connectivity index (χ4n) is 2.67. The summed E-state index contributed by atoms with van der Waals surface area (Å²) in [7, 11) is 6.64. The van der Waals surface area contributed by atoms with E-state index >= 15 is 0 Å². The lowest BCUT2D eigenvalue weighted by molar-refractivity contribution is 0.347. The third-order valence-electron chi connectivity index (χ3n) is 3.87. The molecule has 0 aromatic heterocycles. The second-order valence-electron chi connectivity index (χ2n) is 5.18. The molecule has 0 saturated carbocycles. The van der Waals surface area contributed by atoms with Gasteiger partial charge >= 0.3 is 0 Å². The van der Waals surface area contributed by atoms with Crippen LogP contribution in [0.25, 0.3) is 0 Å². The number of hydrogen-bond donors (Lipinski definition) is 0. The van der Waals surface area contributed by atoms with E-state index < -0.39 is 0 Å². The minimum atomic E-state index is 0.679. The van der Waals surface area contributed by atoms with Crippen molar-refractivity contribution in [2.45, 2.75) is 19.3 Å². The van der Waals surface area contributed by atoms with E-state index in [2.05, 4.69) is 6.07 Å². The van der Waals surface area contributed by atoms with E-state index in [-0.39, 0.29) is 0 Å². The molecule has 23 heavy (non-hydrogen) atoms. The summed E-state index contributed by atoms with van der Waals surface area (Å²) in [6, 6.07) is 12.0. The highest BCUT2D eigenvalue weighted by atomic mass is 16.5. The Morgan fingerprint density at radius 1 is 0.609 bits per heavy atom. The van der Waals surface area contributed by atoms with Crippen LogP contribution in [-0.2, 0) is 12.8 Å². The maximum absolute atomic E-state index is 5.47. The Balaban J connectivity index is 2.10. The van der Waals surface area contributed by atoms with E-state index in [0.717, 1.165) is 42.1 Å². The summed E-state index contributed by atoms with van der Waals surface area (Å²) in [6.45, 7) is 0. The number of aryl methyl sites for hydroxylation is 2. The maximum Gasteiger partial charge on any atom is 0.164 e. The van der Waals surface area contributed by atoms with Gasteiger partial charge in [-0.05, 0) is 42.5 Å². The van der Waals surface area contributed by atoms with E-state index in [9.17, 15) is 0 Å². The number of methoxy groups -OCH3 is 4. The van der Waals surface area contributed by atoms with E-state index in [1.165, 1.54) is 5.56 Å². The molecule has 0 aliphatic heterocycles. The maximum atomic E-state index is 5.47. The standard InChI is InChI=1S/C19H24O4/c1-20-16-11-6-5-8-14(16)9-7-10-15-12-18(22-3)19(23-4)13-17(15)21-2/h5-6,8,11-13H,7,9-10H2,1-4H3. The molecule has 0 atom stereocenters. The van der Waals surface area contributed by atoms with Crippen molar-refractivity contribution >= 4 is 0 Å². The molecule has 2 aromatic rings. The molecule has 4 nitrogen and oxygen atoms in total. The predicted molar refractivity (Wildman–Crippen MR) is 91.1 cm³/mol. The average Bonchev–Trinajstić information content (AvgIpc) is 2.61. The lowest BCUT2D eigenvalue weighted by Gasteiger charge is -2.14. The molecule has 0 spiro atoms. The molecule has 0 amide bonds. The average molecular weight is 316 g/mol. The van der Waals surface area contributed by atoms with Crippen LogP contribution in [0.1, 0.15) is 17.5 Å². The van der Waals surface area contributed by atoms with Gasteiger partial charge in [0.1, 0.15) is 11.5 Å². The van der Waals surface area contributed by atoms with Crippen molar-refractivity contribution in [1.29, 1.82) is 0 Å². The molecule has 4 heteroatoms. The number of para-hydroxylation sites is 1. The Kier molecular flexibility index (Phi) is 6.15. The van der Waals surface area contributed by atoms with Crippen molar-refractivity contribution in [2.75, 3.05) is 28.4 Å². The quantitative estimate of drug-likeness (QED) is 0.740. The topological polar surface area (TPSA) is 36.9 Å². The van der Waals surface area contributed by atoms with Crippen LogP contribution in [0.4, 0.5) is 0 Å². The van der Waals surface area contributed by atoms with Crippen LogP contribution in [0.3, 0.4) is 0 Å². The molecule has 0 fully saturated rings. The van der Waals surface area contributed by atoms with E-state index in [1.54, 1.807) is 28.4 Å². The van der Waals surface area contributed by atoms with Gasteiger partial charge in [-0.25, -0.2) is 0 Å². The molecule has 2 rings (SSSR count). The molecule has 0 saturated heterocycles. The number of benzene rings is 2. The monoisotopic (exact) mass is 316 g/mol. The first-order chi connectivity index (χ1) is 11.2. The molecule has 0 bridgehead atoms. The largest absolute Gasteiger partial charge is 0.496 e. The first-order valence-corrected chi connectivity index (χ1v) is 7.64. The van der Waals surface area contributed by atoms with Crippen molar-refractivity contribution in [1.82, 2.24) is 0 Å². The van der Waals surface area contributed by atoms with Gasteiger partial charge < -0.3 is 18.9 Å². The number of rotatable bonds is 8. The van der Waals surface area contributed by atoms with Gasteiger partial charge in [-0.1, -0.05) is 18.2 Å². The van der Waals surface area contributed by atoms with Gasteiger partial charge in [-0.2, -0.15) is 0 Å². The van der Waals surface area contributed by atoms with Gasteiger partial charge in [0.05, 0.1) is 28.4 Å². The Morgan fingerprint density at radius 2 is 1.17 bits per heavy atom. The molecular weight excluding hydrogens is 292 g/mol. The summed E-state index contributed by atoms with van der Waals surface area (Å²) in [5.41, 5.74) is 2.33. The van der Waals surface area contributed by atoms with Gasteiger partial charge in [0.25, 0.3) is 0 Å². The summed E-state index contributed by atoms with van der Waals surface area (Å²) in [6.07, 6.45) is 2.83. The van der Waals surface area contributed by atoms with Gasteiger partial charge in [0.2, 0.25) is 0 Å². The first kappa shape index (κ1) is 17.0. The molecule has 0 N–H and O–H groups in total. The molecule has 0 aliphatic rings. The zero-order valence-electron chi connectivity index (χ0n) is 14.2. The van der Waals surface area contributed by atoms with E-state index in [1.807, 2.05) is 30.3 Å². The molecule has 2 aromatic carbocycles. The third kappa shape index (κ3) is 4.09. The van der Waals surface area contributed by atoms with Crippen LogP contribution >= 0.6 is 0 Å². The van der Waals surface area contributed by atoms with Gasteiger partial charge in [0.15, 0.2) is 11.5 Å². The van der Waals surface area contributed by atoms with Crippen molar-refractivity contribution in [3.05, 3.63) is 47.5 Å². The van der Waals surface area contributed by atoms with Gasteiger partial charge in [-0.15, -0.1) is 0 Å². The van der Waals surface area contributed by atoms with E-state index in [4.69, 9.17) is 18.9 Å². The van der Waals surface area contributed by atoms with Crippen molar-refractivity contribution in [3.63, 3.8) is 0 Å². The summed E-state index contributed by atoms with van der Waals surface area (Å²) < 4.78 is 21.6. The van der Waals surface area contributed by atoms with Crippen LogP contribution < -0.4 is 18.9 Å². The zero-order chi connectivity index (χ0) is 16.7. The number of ether oxygens (including phenoxy) is 4. The SMILES string of the molecule is COc1ccccc1CCCc1cc(OC)c(OC)cc1OC. The molecule has 0 aliphatic carbocycles. The van der Waals surface area contributed by atoms with Crippen LogP contribution in [0.2, 0.25) is 0 Å². The summed E-state index contributed by atoms with van der Waals surface area (Å²) in [4.78, 5) is 0. The highest BCUT2D eigenvalue weighted by Crippen LogP contribution is 2.35.